The predicted molar refractivity (Wildman–Crippen MR) is 84.9 cm³/mol. The second kappa shape index (κ2) is 5.77. The summed E-state index contributed by atoms with van der Waals surface area (Å²) < 4.78 is 0. The number of hydrogen-bond donors (Lipinski definition) is 0. The van der Waals surface area contributed by atoms with E-state index in [-0.39, 0.29) is 38.9 Å². The molecule has 1 saturated heterocycles. The van der Waals surface area contributed by atoms with Crippen LogP contribution < -0.4 is 10.0 Å². The van der Waals surface area contributed by atoms with E-state index in [4.69, 9.17) is 0 Å². The molecule has 0 bridgehead atoms. The molecule has 2 fully saturated rings. The third kappa shape index (κ3) is 2.50. The van der Waals surface area contributed by atoms with Crippen LogP contribution in [0.2, 0.25) is 0 Å². The fourth-order valence-electron chi connectivity index (χ4n) is 3.12. The van der Waals surface area contributed by atoms with Gasteiger partial charge in [-0.3, -0.25) is 14.5 Å². The molecule has 5 nitrogen and oxygen atoms in total. The molecule has 0 unspecified atom stereocenters. The highest BCUT2D eigenvalue weighted by Gasteiger charge is 2.52. The van der Waals surface area contributed by atoms with Crippen LogP contribution in [0.25, 0.3) is 0 Å². The molecule has 1 aliphatic carbocycles. The Bertz CT molecular complexity index is 635. The first-order valence-corrected chi connectivity index (χ1v) is 8.70. The van der Waals surface area contributed by atoms with Crippen molar-refractivity contribution >= 4 is 55.3 Å². The molecular formula is C15H12Br2NO4-. The van der Waals surface area contributed by atoms with E-state index in [2.05, 4.69) is 31.9 Å². The van der Waals surface area contributed by atoms with Gasteiger partial charge in [-0.15, -0.1) is 0 Å². The number of carboxylic acid groups (broad SMARTS) is 1. The number of imide groups is 1. The summed E-state index contributed by atoms with van der Waals surface area (Å²) in [6.45, 7) is 0. The molecule has 116 valence electrons. The quantitative estimate of drug-likeness (QED) is 0.527. The highest BCUT2D eigenvalue weighted by Crippen LogP contribution is 2.44. The van der Waals surface area contributed by atoms with Crippen molar-refractivity contribution < 1.29 is 19.5 Å². The number of carbonyl (C=O) groups is 3. The SMILES string of the molecule is O=C([O-])c1cccc(N2C(=O)[C@H]3C[C@@H](Br)[C@@H](Br)C[C@H]3C2=O)c1. The van der Waals surface area contributed by atoms with E-state index in [9.17, 15) is 19.5 Å². The van der Waals surface area contributed by atoms with Crippen LogP contribution >= 0.6 is 31.9 Å². The van der Waals surface area contributed by atoms with Crippen LogP contribution in [0, 0.1) is 11.8 Å². The van der Waals surface area contributed by atoms with Gasteiger partial charge in [-0.2, -0.15) is 0 Å². The van der Waals surface area contributed by atoms with Gasteiger partial charge in [0.05, 0.1) is 23.5 Å². The van der Waals surface area contributed by atoms with Gasteiger partial charge < -0.3 is 9.90 Å². The Kier molecular flexibility index (Phi) is 4.11. The van der Waals surface area contributed by atoms with E-state index < -0.39 is 5.97 Å². The van der Waals surface area contributed by atoms with Crippen molar-refractivity contribution in [1.29, 1.82) is 0 Å². The van der Waals surface area contributed by atoms with Gasteiger partial charge in [-0.05, 0) is 30.5 Å². The van der Waals surface area contributed by atoms with Crippen molar-refractivity contribution in [3.8, 4) is 0 Å². The fourth-order valence-corrected chi connectivity index (χ4v) is 4.36. The second-order valence-corrected chi connectivity index (χ2v) is 7.92. The number of hydrogen-bond acceptors (Lipinski definition) is 4. The van der Waals surface area contributed by atoms with E-state index in [0.717, 1.165) is 4.90 Å². The van der Waals surface area contributed by atoms with Crippen LogP contribution in [0.5, 0.6) is 0 Å². The average molecular weight is 430 g/mol. The molecule has 22 heavy (non-hydrogen) atoms. The summed E-state index contributed by atoms with van der Waals surface area (Å²) in [7, 11) is 0. The predicted octanol–water partition coefficient (Wildman–Crippen LogP) is 1.48. The number of nitrogens with zero attached hydrogens (tertiary/aromatic N) is 1. The number of rotatable bonds is 2. The van der Waals surface area contributed by atoms with E-state index in [1.165, 1.54) is 18.2 Å². The average Bonchev–Trinajstić information content (AvgIpc) is 2.71. The Morgan fingerprint density at radius 3 is 2.14 bits per heavy atom. The van der Waals surface area contributed by atoms with Crippen LogP contribution in [0.1, 0.15) is 23.2 Å². The van der Waals surface area contributed by atoms with Gasteiger partial charge in [0.1, 0.15) is 0 Å². The minimum Gasteiger partial charge on any atom is -0.545 e. The monoisotopic (exact) mass is 428 g/mol. The number of fused-ring (bicyclic) bond motifs is 1. The maximum atomic E-state index is 12.6. The van der Waals surface area contributed by atoms with Crippen molar-refractivity contribution in [3.63, 3.8) is 0 Å². The van der Waals surface area contributed by atoms with Crippen LogP contribution in [0.4, 0.5) is 5.69 Å². The maximum Gasteiger partial charge on any atom is 0.237 e. The van der Waals surface area contributed by atoms with E-state index in [1.807, 2.05) is 0 Å². The van der Waals surface area contributed by atoms with Crippen molar-refractivity contribution in [2.24, 2.45) is 11.8 Å². The largest absolute Gasteiger partial charge is 0.545 e. The molecule has 1 aromatic carbocycles. The Morgan fingerprint density at radius 2 is 1.64 bits per heavy atom. The van der Waals surface area contributed by atoms with Gasteiger partial charge in [0, 0.05) is 9.65 Å². The molecule has 2 amide bonds. The molecule has 0 spiro atoms. The fraction of sp³-hybridized carbons (Fsp3) is 0.400. The minimum absolute atomic E-state index is 0.0512. The summed E-state index contributed by atoms with van der Waals surface area (Å²) in [6.07, 6.45) is 1.17. The lowest BCUT2D eigenvalue weighted by Gasteiger charge is -2.29. The van der Waals surface area contributed by atoms with Gasteiger partial charge in [0.15, 0.2) is 0 Å². The zero-order chi connectivity index (χ0) is 16.0. The number of carbonyl (C=O) groups excluding carboxylic acids is 3. The van der Waals surface area contributed by atoms with E-state index in [1.54, 1.807) is 6.07 Å². The summed E-state index contributed by atoms with van der Waals surface area (Å²) in [5, 5.41) is 11.0. The standard InChI is InChI=1S/C15H13Br2NO4/c16-11-5-9-10(6-12(11)17)14(20)18(13(9)19)8-3-1-2-7(4-8)15(21)22/h1-4,9-12H,5-6H2,(H,21,22)/p-1/t9-,10+,11+,12-. The number of anilines is 1. The number of halogens is 2. The molecule has 0 N–H and O–H groups in total. The molecular weight excluding hydrogens is 418 g/mol. The third-order valence-electron chi connectivity index (χ3n) is 4.25. The topological polar surface area (TPSA) is 77.5 Å². The van der Waals surface area contributed by atoms with E-state index >= 15 is 0 Å². The minimum atomic E-state index is -1.33. The van der Waals surface area contributed by atoms with Crippen molar-refractivity contribution in [2.45, 2.75) is 22.5 Å². The number of benzene rings is 1. The Morgan fingerprint density at radius 1 is 1.09 bits per heavy atom. The number of carboxylic acids is 1. The highest BCUT2D eigenvalue weighted by atomic mass is 79.9. The van der Waals surface area contributed by atoms with Gasteiger partial charge in [0.2, 0.25) is 11.8 Å². The lowest BCUT2D eigenvalue weighted by molar-refractivity contribution is -0.255. The van der Waals surface area contributed by atoms with Crippen LogP contribution in [-0.4, -0.2) is 27.4 Å². The number of alkyl halides is 2. The molecule has 3 rings (SSSR count). The molecule has 0 radical (unpaired) electrons. The smallest absolute Gasteiger partial charge is 0.237 e. The normalized spacial score (nSPS) is 31.3. The van der Waals surface area contributed by atoms with Gasteiger partial charge >= 0.3 is 0 Å². The molecule has 1 aromatic rings. The van der Waals surface area contributed by atoms with Gasteiger partial charge in [0.25, 0.3) is 0 Å². The first-order valence-electron chi connectivity index (χ1n) is 6.87. The van der Waals surface area contributed by atoms with Crippen LogP contribution in [0.3, 0.4) is 0 Å². The van der Waals surface area contributed by atoms with Gasteiger partial charge in [-0.1, -0.05) is 44.0 Å². The molecule has 7 heteroatoms. The van der Waals surface area contributed by atoms with E-state index in [0.29, 0.717) is 18.5 Å². The van der Waals surface area contributed by atoms with Crippen LogP contribution in [-0.2, 0) is 9.59 Å². The zero-order valence-corrected chi connectivity index (χ0v) is 14.5. The summed E-state index contributed by atoms with van der Waals surface area (Å²) in [5.74, 6) is -2.54. The number of amides is 2. The maximum absolute atomic E-state index is 12.6. The third-order valence-corrected chi connectivity index (χ3v) is 6.98. The molecule has 0 aromatic heterocycles. The summed E-state index contributed by atoms with van der Waals surface area (Å²) >= 11 is 7.06. The Hall–Kier alpha value is -1.21. The molecule has 2 aliphatic rings. The van der Waals surface area contributed by atoms with Crippen LogP contribution in [0.15, 0.2) is 24.3 Å². The summed E-state index contributed by atoms with van der Waals surface area (Å²) in [5.41, 5.74) is 0.244. The molecule has 1 saturated carbocycles. The Labute approximate surface area is 143 Å². The first kappa shape index (κ1) is 15.7. The van der Waals surface area contributed by atoms with Crippen molar-refractivity contribution in [1.82, 2.24) is 0 Å². The Balaban J connectivity index is 1.95. The lowest BCUT2D eigenvalue weighted by atomic mass is 9.81. The molecule has 1 aliphatic heterocycles. The molecule has 1 heterocycles. The zero-order valence-electron chi connectivity index (χ0n) is 11.4. The molecule has 4 atom stereocenters. The second-order valence-electron chi connectivity index (χ2n) is 5.57. The van der Waals surface area contributed by atoms with Crippen molar-refractivity contribution in [2.75, 3.05) is 4.90 Å². The summed E-state index contributed by atoms with van der Waals surface area (Å²) in [4.78, 5) is 37.5. The van der Waals surface area contributed by atoms with Gasteiger partial charge in [-0.25, -0.2) is 0 Å². The lowest BCUT2D eigenvalue weighted by Crippen LogP contribution is -2.34. The first-order chi connectivity index (χ1) is 10.4. The van der Waals surface area contributed by atoms with Crippen molar-refractivity contribution in [3.05, 3.63) is 29.8 Å². The summed E-state index contributed by atoms with van der Waals surface area (Å²) in [6, 6.07) is 5.75. The highest BCUT2D eigenvalue weighted by molar-refractivity contribution is 9.12. The number of aromatic carboxylic acids is 1.